The summed E-state index contributed by atoms with van der Waals surface area (Å²) in [6, 6.07) is 9.78. The van der Waals surface area contributed by atoms with Crippen LogP contribution < -0.4 is 0 Å². The number of nitrogens with zero attached hydrogens (tertiary/aromatic N) is 2. The van der Waals surface area contributed by atoms with Crippen molar-refractivity contribution in [1.29, 1.82) is 0 Å². The van der Waals surface area contributed by atoms with Crippen LogP contribution in [-0.2, 0) is 4.79 Å². The van der Waals surface area contributed by atoms with Crippen LogP contribution in [0.3, 0.4) is 0 Å². The number of hydrogen-bond acceptors (Lipinski definition) is 2. The number of benzene rings is 1. The van der Waals surface area contributed by atoms with E-state index in [0.717, 1.165) is 38.0 Å². The van der Waals surface area contributed by atoms with Crippen LogP contribution in [-0.4, -0.2) is 47.3 Å². The molecule has 0 radical (unpaired) electrons. The van der Waals surface area contributed by atoms with Gasteiger partial charge in [0.15, 0.2) is 0 Å². The lowest BCUT2D eigenvalue weighted by Gasteiger charge is -2.37. The van der Waals surface area contributed by atoms with E-state index in [1.165, 1.54) is 0 Å². The predicted molar refractivity (Wildman–Crippen MR) is 90.0 cm³/mol. The molecule has 4 nitrogen and oxygen atoms in total. The van der Waals surface area contributed by atoms with E-state index in [9.17, 15) is 9.59 Å². The topological polar surface area (TPSA) is 40.6 Å². The van der Waals surface area contributed by atoms with Crippen LogP contribution in [0.15, 0.2) is 30.3 Å². The summed E-state index contributed by atoms with van der Waals surface area (Å²) in [5.74, 6) is 1.30. The minimum Gasteiger partial charge on any atom is -0.340 e. The number of amides is 2. The Kier molecular flexibility index (Phi) is 4.69. The summed E-state index contributed by atoms with van der Waals surface area (Å²) in [6.45, 7) is 6.54. The van der Waals surface area contributed by atoms with Crippen molar-refractivity contribution in [2.24, 2.45) is 11.8 Å². The molecule has 124 valence electrons. The summed E-state index contributed by atoms with van der Waals surface area (Å²) in [7, 11) is 0. The first kappa shape index (κ1) is 16.0. The summed E-state index contributed by atoms with van der Waals surface area (Å²) in [4.78, 5) is 29.0. The Bertz CT molecular complexity index is 570. The molecule has 0 bridgehead atoms. The highest BCUT2D eigenvalue weighted by molar-refractivity contribution is 5.94. The number of rotatable bonds is 2. The summed E-state index contributed by atoms with van der Waals surface area (Å²) in [5, 5.41) is 0. The number of piperidine rings is 1. The minimum absolute atomic E-state index is 0.125. The Balaban J connectivity index is 1.68. The number of fused-ring (bicyclic) bond motifs is 1. The molecule has 2 aliphatic rings. The Hall–Kier alpha value is -1.84. The van der Waals surface area contributed by atoms with E-state index in [4.69, 9.17) is 0 Å². The highest BCUT2D eigenvalue weighted by Gasteiger charge is 2.36. The van der Waals surface area contributed by atoms with Crippen molar-refractivity contribution in [1.82, 2.24) is 9.80 Å². The zero-order chi connectivity index (χ0) is 16.4. The summed E-state index contributed by atoms with van der Waals surface area (Å²) >= 11 is 0. The second kappa shape index (κ2) is 6.73. The normalized spacial score (nSPS) is 25.3. The molecule has 2 unspecified atom stereocenters. The summed E-state index contributed by atoms with van der Waals surface area (Å²) in [5.41, 5.74) is 0.763. The van der Waals surface area contributed by atoms with Crippen LogP contribution >= 0.6 is 0 Å². The molecule has 2 saturated heterocycles. The van der Waals surface area contributed by atoms with Crippen LogP contribution in [0.2, 0.25) is 0 Å². The first-order valence-corrected chi connectivity index (χ1v) is 8.70. The first-order chi connectivity index (χ1) is 11.1. The van der Waals surface area contributed by atoms with Gasteiger partial charge in [-0.3, -0.25) is 9.59 Å². The lowest BCUT2D eigenvalue weighted by molar-refractivity contribution is -0.133. The highest BCUT2D eigenvalue weighted by Crippen LogP contribution is 2.33. The molecule has 0 spiro atoms. The SMILES string of the molecule is CC(C)N1CCC2CN(C(=O)c3ccccc3)CCC2CC1=O. The fourth-order valence-electron chi connectivity index (χ4n) is 3.94. The fraction of sp³-hybridized carbons (Fsp3) is 0.579. The van der Waals surface area contributed by atoms with Crippen LogP contribution in [0.4, 0.5) is 0 Å². The Morgan fingerprint density at radius 2 is 1.78 bits per heavy atom. The van der Waals surface area contributed by atoms with Gasteiger partial charge in [0.1, 0.15) is 0 Å². The standard InChI is InChI=1S/C19H26N2O2/c1-14(2)21-11-9-17-13-20(10-8-16(17)12-18(21)22)19(23)15-6-4-3-5-7-15/h3-7,14,16-17H,8-13H2,1-2H3. The van der Waals surface area contributed by atoms with Gasteiger partial charge in [-0.15, -0.1) is 0 Å². The quantitative estimate of drug-likeness (QED) is 0.842. The van der Waals surface area contributed by atoms with Crippen LogP contribution in [0.5, 0.6) is 0 Å². The molecular formula is C19H26N2O2. The summed E-state index contributed by atoms with van der Waals surface area (Å²) < 4.78 is 0. The average Bonchev–Trinajstić information content (AvgIpc) is 2.72. The summed E-state index contributed by atoms with van der Waals surface area (Å²) in [6.07, 6.45) is 2.60. The third-order valence-electron chi connectivity index (χ3n) is 5.32. The van der Waals surface area contributed by atoms with Gasteiger partial charge in [-0.2, -0.15) is 0 Å². The van der Waals surface area contributed by atoms with Crippen molar-refractivity contribution in [3.63, 3.8) is 0 Å². The Morgan fingerprint density at radius 3 is 2.48 bits per heavy atom. The molecule has 2 fully saturated rings. The Morgan fingerprint density at radius 1 is 1.09 bits per heavy atom. The van der Waals surface area contributed by atoms with E-state index in [1.54, 1.807) is 0 Å². The fourth-order valence-corrected chi connectivity index (χ4v) is 3.94. The van der Waals surface area contributed by atoms with E-state index in [-0.39, 0.29) is 17.9 Å². The van der Waals surface area contributed by atoms with Gasteiger partial charge in [0, 0.05) is 37.7 Å². The average molecular weight is 314 g/mol. The second-order valence-electron chi connectivity index (χ2n) is 7.10. The maximum Gasteiger partial charge on any atom is 0.253 e. The highest BCUT2D eigenvalue weighted by atomic mass is 16.2. The monoisotopic (exact) mass is 314 g/mol. The molecule has 0 N–H and O–H groups in total. The van der Waals surface area contributed by atoms with Crippen molar-refractivity contribution < 1.29 is 9.59 Å². The predicted octanol–water partition coefficient (Wildman–Crippen LogP) is 2.80. The molecule has 1 aromatic carbocycles. The molecule has 3 rings (SSSR count). The molecule has 4 heteroatoms. The van der Waals surface area contributed by atoms with Gasteiger partial charge in [0.05, 0.1) is 0 Å². The first-order valence-electron chi connectivity index (χ1n) is 8.70. The van der Waals surface area contributed by atoms with Gasteiger partial charge in [-0.25, -0.2) is 0 Å². The van der Waals surface area contributed by atoms with Crippen LogP contribution in [0.1, 0.15) is 43.5 Å². The molecule has 2 atom stereocenters. The maximum absolute atomic E-state index is 12.6. The maximum atomic E-state index is 12.6. The smallest absolute Gasteiger partial charge is 0.253 e. The van der Waals surface area contributed by atoms with Crippen LogP contribution in [0.25, 0.3) is 0 Å². The van der Waals surface area contributed by atoms with E-state index in [1.807, 2.05) is 40.1 Å². The van der Waals surface area contributed by atoms with Crippen molar-refractivity contribution in [3.05, 3.63) is 35.9 Å². The lowest BCUT2D eigenvalue weighted by atomic mass is 9.82. The van der Waals surface area contributed by atoms with Crippen molar-refractivity contribution in [2.75, 3.05) is 19.6 Å². The molecular weight excluding hydrogens is 288 g/mol. The largest absolute Gasteiger partial charge is 0.340 e. The number of carbonyl (C=O) groups excluding carboxylic acids is 2. The van der Waals surface area contributed by atoms with Gasteiger partial charge >= 0.3 is 0 Å². The van der Waals surface area contributed by atoms with Crippen molar-refractivity contribution in [2.45, 2.75) is 39.2 Å². The Labute approximate surface area is 138 Å². The molecule has 0 aliphatic carbocycles. The van der Waals surface area contributed by atoms with Gasteiger partial charge in [-0.05, 0) is 50.7 Å². The minimum atomic E-state index is 0.125. The molecule has 1 aromatic rings. The van der Waals surface area contributed by atoms with E-state index < -0.39 is 0 Å². The van der Waals surface area contributed by atoms with Gasteiger partial charge < -0.3 is 9.80 Å². The molecule has 2 aliphatic heterocycles. The van der Waals surface area contributed by atoms with E-state index in [0.29, 0.717) is 18.3 Å². The van der Waals surface area contributed by atoms with Crippen LogP contribution in [0, 0.1) is 11.8 Å². The zero-order valence-electron chi connectivity index (χ0n) is 14.1. The van der Waals surface area contributed by atoms with E-state index >= 15 is 0 Å². The molecule has 0 saturated carbocycles. The van der Waals surface area contributed by atoms with Crippen molar-refractivity contribution in [3.8, 4) is 0 Å². The second-order valence-corrected chi connectivity index (χ2v) is 7.10. The molecule has 0 aromatic heterocycles. The number of carbonyl (C=O) groups is 2. The third-order valence-corrected chi connectivity index (χ3v) is 5.32. The molecule has 2 amide bonds. The van der Waals surface area contributed by atoms with Crippen molar-refractivity contribution >= 4 is 11.8 Å². The van der Waals surface area contributed by atoms with Gasteiger partial charge in [0.2, 0.25) is 5.91 Å². The zero-order valence-corrected chi connectivity index (χ0v) is 14.1. The van der Waals surface area contributed by atoms with E-state index in [2.05, 4.69) is 13.8 Å². The van der Waals surface area contributed by atoms with Gasteiger partial charge in [-0.1, -0.05) is 18.2 Å². The molecule has 23 heavy (non-hydrogen) atoms. The third kappa shape index (κ3) is 3.41. The lowest BCUT2D eigenvalue weighted by Crippen LogP contribution is -2.43. The van der Waals surface area contributed by atoms with Gasteiger partial charge in [0.25, 0.3) is 5.91 Å². The number of hydrogen-bond donors (Lipinski definition) is 0. The molecule has 2 heterocycles. The number of likely N-dealkylation sites (tertiary alicyclic amines) is 2.